The van der Waals surface area contributed by atoms with Crippen molar-refractivity contribution in [3.05, 3.63) is 53.1 Å². The van der Waals surface area contributed by atoms with Gasteiger partial charge in [-0.3, -0.25) is 4.68 Å². The van der Waals surface area contributed by atoms with E-state index in [2.05, 4.69) is 10.4 Å². The molecule has 114 valence electrons. The summed E-state index contributed by atoms with van der Waals surface area (Å²) < 4.78 is 42.1. The van der Waals surface area contributed by atoms with Crippen molar-refractivity contribution in [2.75, 3.05) is 6.54 Å². The van der Waals surface area contributed by atoms with Gasteiger partial charge in [-0.05, 0) is 31.5 Å². The fourth-order valence-corrected chi connectivity index (χ4v) is 2.27. The molecule has 1 N–H and O–H groups in total. The predicted octanol–water partition coefficient (Wildman–Crippen LogP) is 3.21. The molecule has 0 amide bonds. The number of aromatic nitrogens is 2. The SMILES string of the molecule is CCNC(Cc1cnn(CC)c1)c1ccc(F)c(F)c1F. The van der Waals surface area contributed by atoms with Gasteiger partial charge >= 0.3 is 0 Å². The number of rotatable bonds is 6. The molecule has 0 saturated heterocycles. The molecule has 0 aliphatic heterocycles. The number of halogens is 3. The normalized spacial score (nSPS) is 12.6. The average Bonchev–Trinajstić information content (AvgIpc) is 2.92. The lowest BCUT2D eigenvalue weighted by atomic mass is 9.99. The largest absolute Gasteiger partial charge is 0.310 e. The summed E-state index contributed by atoms with van der Waals surface area (Å²) >= 11 is 0. The Morgan fingerprint density at radius 1 is 1.19 bits per heavy atom. The van der Waals surface area contributed by atoms with Crippen molar-refractivity contribution in [3.63, 3.8) is 0 Å². The summed E-state index contributed by atoms with van der Waals surface area (Å²) in [6.07, 6.45) is 4.02. The van der Waals surface area contributed by atoms with Crippen LogP contribution in [-0.4, -0.2) is 16.3 Å². The van der Waals surface area contributed by atoms with Crippen molar-refractivity contribution in [1.82, 2.24) is 15.1 Å². The molecule has 1 aromatic carbocycles. The van der Waals surface area contributed by atoms with E-state index >= 15 is 0 Å². The van der Waals surface area contributed by atoms with E-state index in [1.165, 1.54) is 6.07 Å². The molecule has 0 bridgehead atoms. The summed E-state index contributed by atoms with van der Waals surface area (Å²) in [5.74, 6) is -3.74. The molecule has 0 aliphatic carbocycles. The maximum atomic E-state index is 13.9. The molecule has 0 fully saturated rings. The number of hydrogen-bond donors (Lipinski definition) is 1. The predicted molar refractivity (Wildman–Crippen MR) is 74.3 cm³/mol. The van der Waals surface area contributed by atoms with Crippen LogP contribution in [0.25, 0.3) is 0 Å². The van der Waals surface area contributed by atoms with Crippen LogP contribution in [0.15, 0.2) is 24.5 Å². The molecule has 0 spiro atoms. The lowest BCUT2D eigenvalue weighted by molar-refractivity contribution is 0.425. The van der Waals surface area contributed by atoms with Crippen LogP contribution in [0.3, 0.4) is 0 Å². The third kappa shape index (κ3) is 3.44. The minimum atomic E-state index is -1.43. The number of benzene rings is 1. The van der Waals surface area contributed by atoms with Gasteiger partial charge in [-0.15, -0.1) is 0 Å². The maximum absolute atomic E-state index is 13.9. The summed E-state index contributed by atoms with van der Waals surface area (Å²) in [6.45, 7) is 5.17. The summed E-state index contributed by atoms with van der Waals surface area (Å²) in [5, 5.41) is 7.25. The molecule has 1 aromatic heterocycles. The minimum absolute atomic E-state index is 0.125. The van der Waals surface area contributed by atoms with Crippen LogP contribution in [-0.2, 0) is 13.0 Å². The number of aryl methyl sites for hydroxylation is 1. The first-order valence-corrected chi connectivity index (χ1v) is 6.94. The molecular weight excluding hydrogens is 279 g/mol. The zero-order valence-corrected chi connectivity index (χ0v) is 12.0. The average molecular weight is 297 g/mol. The Morgan fingerprint density at radius 2 is 1.95 bits per heavy atom. The number of nitrogens with zero attached hydrogens (tertiary/aromatic N) is 2. The smallest absolute Gasteiger partial charge is 0.194 e. The molecule has 1 unspecified atom stereocenters. The summed E-state index contributed by atoms with van der Waals surface area (Å²) in [7, 11) is 0. The highest BCUT2D eigenvalue weighted by molar-refractivity contribution is 5.25. The lowest BCUT2D eigenvalue weighted by Crippen LogP contribution is -2.24. The van der Waals surface area contributed by atoms with Gasteiger partial charge < -0.3 is 5.32 Å². The van der Waals surface area contributed by atoms with Gasteiger partial charge in [0.2, 0.25) is 0 Å². The quantitative estimate of drug-likeness (QED) is 0.830. The molecule has 0 saturated carbocycles. The molecule has 2 aromatic rings. The van der Waals surface area contributed by atoms with Crippen molar-refractivity contribution < 1.29 is 13.2 Å². The van der Waals surface area contributed by atoms with Crippen LogP contribution in [0.1, 0.15) is 31.0 Å². The van der Waals surface area contributed by atoms with Gasteiger partial charge in [-0.25, -0.2) is 13.2 Å². The van der Waals surface area contributed by atoms with E-state index < -0.39 is 23.5 Å². The molecular formula is C15H18F3N3. The van der Waals surface area contributed by atoms with Gasteiger partial charge in [0.1, 0.15) is 0 Å². The standard InChI is InChI=1S/C15H18F3N3/c1-3-19-13(7-10-8-20-21(4-2)9-10)11-5-6-12(16)15(18)14(11)17/h5-6,8-9,13,19H,3-4,7H2,1-2H3. The second-order valence-corrected chi connectivity index (χ2v) is 4.78. The monoisotopic (exact) mass is 297 g/mol. The van der Waals surface area contributed by atoms with Gasteiger partial charge in [0.25, 0.3) is 0 Å². The first-order valence-electron chi connectivity index (χ1n) is 6.94. The molecule has 6 heteroatoms. The van der Waals surface area contributed by atoms with E-state index in [4.69, 9.17) is 0 Å². The van der Waals surface area contributed by atoms with Crippen LogP contribution in [0, 0.1) is 17.5 Å². The summed E-state index contributed by atoms with van der Waals surface area (Å²) in [4.78, 5) is 0. The van der Waals surface area contributed by atoms with Crippen LogP contribution in [0.4, 0.5) is 13.2 Å². The lowest BCUT2D eigenvalue weighted by Gasteiger charge is -2.18. The third-order valence-electron chi connectivity index (χ3n) is 3.34. The zero-order valence-electron chi connectivity index (χ0n) is 12.0. The Balaban J connectivity index is 2.28. The second-order valence-electron chi connectivity index (χ2n) is 4.78. The van der Waals surface area contributed by atoms with E-state index in [1.807, 2.05) is 20.0 Å². The van der Waals surface area contributed by atoms with Crippen molar-refractivity contribution in [2.24, 2.45) is 0 Å². The second kappa shape index (κ2) is 6.76. The van der Waals surface area contributed by atoms with Crippen LogP contribution in [0.5, 0.6) is 0 Å². The van der Waals surface area contributed by atoms with Gasteiger partial charge in [0, 0.05) is 24.3 Å². The highest BCUT2D eigenvalue weighted by Gasteiger charge is 2.21. The van der Waals surface area contributed by atoms with Crippen LogP contribution in [0.2, 0.25) is 0 Å². The van der Waals surface area contributed by atoms with Gasteiger partial charge in [0.15, 0.2) is 17.5 Å². The minimum Gasteiger partial charge on any atom is -0.310 e. The molecule has 0 radical (unpaired) electrons. The third-order valence-corrected chi connectivity index (χ3v) is 3.34. The zero-order chi connectivity index (χ0) is 15.4. The van der Waals surface area contributed by atoms with Crippen LogP contribution >= 0.6 is 0 Å². The Hall–Kier alpha value is -1.82. The molecule has 1 heterocycles. The molecule has 0 aliphatic rings. The van der Waals surface area contributed by atoms with Crippen LogP contribution < -0.4 is 5.32 Å². The van der Waals surface area contributed by atoms with E-state index in [1.54, 1.807) is 10.9 Å². The number of likely N-dealkylation sites (N-methyl/N-ethyl adjacent to an activating group) is 1. The Morgan fingerprint density at radius 3 is 2.57 bits per heavy atom. The van der Waals surface area contributed by atoms with Gasteiger partial charge in [-0.2, -0.15) is 5.10 Å². The van der Waals surface area contributed by atoms with Crippen molar-refractivity contribution >= 4 is 0 Å². The summed E-state index contributed by atoms with van der Waals surface area (Å²) in [5.41, 5.74) is 1.03. The number of hydrogen-bond acceptors (Lipinski definition) is 2. The van der Waals surface area contributed by atoms with Gasteiger partial charge in [-0.1, -0.05) is 13.0 Å². The Labute approximate surface area is 121 Å². The first-order chi connectivity index (χ1) is 10.1. The fourth-order valence-electron chi connectivity index (χ4n) is 2.27. The highest BCUT2D eigenvalue weighted by Crippen LogP contribution is 2.24. The summed E-state index contributed by atoms with van der Waals surface area (Å²) in [6, 6.07) is 1.80. The Kier molecular flexibility index (Phi) is 5.01. The van der Waals surface area contributed by atoms with Gasteiger partial charge in [0.05, 0.1) is 6.20 Å². The van der Waals surface area contributed by atoms with Crippen molar-refractivity contribution in [2.45, 2.75) is 32.9 Å². The van der Waals surface area contributed by atoms with E-state index in [0.717, 1.165) is 18.2 Å². The molecule has 21 heavy (non-hydrogen) atoms. The first kappa shape index (κ1) is 15.6. The molecule has 1 atom stereocenters. The van der Waals surface area contributed by atoms with E-state index in [-0.39, 0.29) is 5.56 Å². The molecule has 3 nitrogen and oxygen atoms in total. The van der Waals surface area contributed by atoms with E-state index in [0.29, 0.717) is 13.0 Å². The number of nitrogens with one attached hydrogen (secondary N) is 1. The maximum Gasteiger partial charge on any atom is 0.194 e. The van der Waals surface area contributed by atoms with Crippen molar-refractivity contribution in [3.8, 4) is 0 Å². The van der Waals surface area contributed by atoms with E-state index in [9.17, 15) is 13.2 Å². The Bertz CT molecular complexity index is 610. The molecule has 2 rings (SSSR count). The topological polar surface area (TPSA) is 29.9 Å². The fraction of sp³-hybridized carbons (Fsp3) is 0.400. The van der Waals surface area contributed by atoms with Crippen molar-refractivity contribution in [1.29, 1.82) is 0 Å². The highest BCUT2D eigenvalue weighted by atomic mass is 19.2.